The molecule has 0 radical (unpaired) electrons. The molecule has 3 aliphatic heterocycles. The van der Waals surface area contributed by atoms with Gasteiger partial charge in [-0.05, 0) is 24.6 Å². The number of nitrogens with zero attached hydrogens (tertiary/aromatic N) is 1. The first-order chi connectivity index (χ1) is 13.8. The Morgan fingerprint density at radius 2 is 2.07 bits per heavy atom. The molecule has 3 aliphatic rings. The van der Waals surface area contributed by atoms with Crippen LogP contribution < -0.4 is 10.6 Å². The second kappa shape index (κ2) is 6.89. The molecule has 29 heavy (non-hydrogen) atoms. The van der Waals surface area contributed by atoms with Crippen molar-refractivity contribution in [2.45, 2.75) is 24.4 Å². The van der Waals surface area contributed by atoms with Crippen molar-refractivity contribution in [1.82, 2.24) is 10.2 Å². The van der Waals surface area contributed by atoms with Gasteiger partial charge in [-0.25, -0.2) is 4.39 Å². The number of ether oxygens (including phenoxy) is 1. The quantitative estimate of drug-likeness (QED) is 0.572. The number of imide groups is 1. The Morgan fingerprint density at radius 3 is 2.76 bits per heavy atom. The number of rotatable bonds is 6. The van der Waals surface area contributed by atoms with Gasteiger partial charge in [0.25, 0.3) is 0 Å². The average molecular weight is 405 g/mol. The molecule has 4 rings (SSSR count). The van der Waals surface area contributed by atoms with Crippen molar-refractivity contribution in [2.24, 2.45) is 11.8 Å². The van der Waals surface area contributed by atoms with Crippen molar-refractivity contribution in [3.05, 3.63) is 29.6 Å². The van der Waals surface area contributed by atoms with Gasteiger partial charge in [0.1, 0.15) is 11.4 Å². The predicted octanol–water partition coefficient (Wildman–Crippen LogP) is 0.0573. The van der Waals surface area contributed by atoms with E-state index in [0.717, 1.165) is 4.90 Å². The molecule has 2 fully saturated rings. The molecule has 3 N–H and O–H groups in total. The van der Waals surface area contributed by atoms with Crippen LogP contribution in [0.25, 0.3) is 0 Å². The second-order valence-electron chi connectivity index (χ2n) is 7.46. The highest BCUT2D eigenvalue weighted by Gasteiger charge is 2.70. The van der Waals surface area contributed by atoms with Crippen LogP contribution in [0.1, 0.15) is 18.4 Å². The summed E-state index contributed by atoms with van der Waals surface area (Å²) in [5.74, 6) is -5.23. The maximum absolute atomic E-state index is 14.0. The van der Waals surface area contributed by atoms with Gasteiger partial charge in [0, 0.05) is 30.8 Å². The SMILES string of the molecule is COCCN1C(=O)C2C(CCC(=O)O)NC3(C(=O)Nc4ccc(F)cc43)C2C1=O. The van der Waals surface area contributed by atoms with E-state index in [9.17, 15) is 23.6 Å². The van der Waals surface area contributed by atoms with E-state index < -0.39 is 52.9 Å². The molecule has 10 heteroatoms. The summed E-state index contributed by atoms with van der Waals surface area (Å²) in [7, 11) is 1.44. The molecule has 154 valence electrons. The minimum atomic E-state index is -1.63. The zero-order chi connectivity index (χ0) is 20.9. The van der Waals surface area contributed by atoms with Gasteiger partial charge in [-0.2, -0.15) is 0 Å². The molecule has 4 unspecified atom stereocenters. The van der Waals surface area contributed by atoms with Crippen LogP contribution in [0, 0.1) is 17.7 Å². The highest BCUT2D eigenvalue weighted by atomic mass is 19.1. The summed E-state index contributed by atoms with van der Waals surface area (Å²) in [6, 6.07) is 3.05. The first-order valence-corrected chi connectivity index (χ1v) is 9.26. The number of benzene rings is 1. The first kappa shape index (κ1) is 19.5. The van der Waals surface area contributed by atoms with E-state index >= 15 is 0 Å². The predicted molar refractivity (Wildman–Crippen MR) is 96.1 cm³/mol. The zero-order valence-corrected chi connectivity index (χ0v) is 15.6. The summed E-state index contributed by atoms with van der Waals surface area (Å²) in [5.41, 5.74) is -1.01. The van der Waals surface area contributed by atoms with E-state index in [2.05, 4.69) is 10.6 Å². The number of hydrogen-bond acceptors (Lipinski definition) is 6. The van der Waals surface area contributed by atoms with Crippen LogP contribution >= 0.6 is 0 Å². The lowest BCUT2D eigenvalue weighted by atomic mass is 9.76. The van der Waals surface area contributed by atoms with Crippen LogP contribution in [0.4, 0.5) is 10.1 Å². The Kier molecular flexibility index (Phi) is 4.62. The Morgan fingerprint density at radius 1 is 1.31 bits per heavy atom. The molecule has 1 aromatic rings. The van der Waals surface area contributed by atoms with Gasteiger partial charge in [0.2, 0.25) is 17.7 Å². The number of hydrogen-bond donors (Lipinski definition) is 3. The molecule has 9 nitrogen and oxygen atoms in total. The summed E-state index contributed by atoms with van der Waals surface area (Å²) in [6.07, 6.45) is -0.193. The number of anilines is 1. The molecule has 1 spiro atoms. The third-order valence-corrected chi connectivity index (χ3v) is 5.96. The summed E-state index contributed by atoms with van der Waals surface area (Å²) in [6.45, 7) is 0.162. The fraction of sp³-hybridized carbons (Fsp3) is 0.474. The standard InChI is InChI=1S/C19H20FN3O6/c1-29-7-6-23-16(26)14-12(4-5-13(24)25)22-19(15(14)17(23)27)10-8-9(20)2-3-11(10)21-18(19)28/h2-3,8,12,14-15,22H,4-7H2,1H3,(H,21,28)(H,24,25). The first-order valence-electron chi connectivity index (χ1n) is 9.26. The molecule has 0 bridgehead atoms. The lowest BCUT2D eigenvalue weighted by Gasteiger charge is -2.29. The van der Waals surface area contributed by atoms with Crippen molar-refractivity contribution < 1.29 is 33.4 Å². The lowest BCUT2D eigenvalue weighted by Crippen LogP contribution is -2.53. The van der Waals surface area contributed by atoms with Crippen LogP contribution in [0.5, 0.6) is 0 Å². The van der Waals surface area contributed by atoms with Gasteiger partial charge >= 0.3 is 5.97 Å². The number of carbonyl (C=O) groups excluding carboxylic acids is 3. The van der Waals surface area contributed by atoms with Gasteiger partial charge in [0.05, 0.1) is 25.0 Å². The van der Waals surface area contributed by atoms with Crippen LogP contribution in [-0.4, -0.2) is 60.0 Å². The van der Waals surface area contributed by atoms with E-state index in [1.54, 1.807) is 0 Å². The minimum Gasteiger partial charge on any atom is -0.481 e. The van der Waals surface area contributed by atoms with Crippen molar-refractivity contribution in [2.75, 3.05) is 25.6 Å². The molecule has 1 aromatic carbocycles. The summed E-state index contributed by atoms with van der Waals surface area (Å²) >= 11 is 0. The van der Waals surface area contributed by atoms with E-state index in [1.165, 1.54) is 25.3 Å². The van der Waals surface area contributed by atoms with E-state index in [4.69, 9.17) is 9.84 Å². The number of methoxy groups -OCH3 is 1. The van der Waals surface area contributed by atoms with Gasteiger partial charge in [-0.3, -0.25) is 29.4 Å². The number of carboxylic acids is 1. The van der Waals surface area contributed by atoms with Gasteiger partial charge < -0.3 is 15.2 Å². The summed E-state index contributed by atoms with van der Waals surface area (Å²) < 4.78 is 19.0. The molecule has 3 amide bonds. The van der Waals surface area contributed by atoms with Gasteiger partial charge in [-0.15, -0.1) is 0 Å². The number of aliphatic carboxylic acids is 1. The number of halogens is 1. The number of amides is 3. The number of likely N-dealkylation sites (tertiary alicyclic amines) is 1. The van der Waals surface area contributed by atoms with Gasteiger partial charge in [0.15, 0.2) is 0 Å². The topological polar surface area (TPSA) is 125 Å². The fourth-order valence-electron chi connectivity index (χ4n) is 4.76. The number of carboxylic acid groups (broad SMARTS) is 1. The molecule has 0 saturated carbocycles. The summed E-state index contributed by atoms with van der Waals surface area (Å²) in [4.78, 5) is 51.4. The Bertz CT molecular complexity index is 921. The van der Waals surface area contributed by atoms with Crippen LogP contribution in [-0.2, 0) is 29.5 Å². The normalized spacial score (nSPS) is 30.1. The molecular formula is C19H20FN3O6. The van der Waals surface area contributed by atoms with E-state index in [-0.39, 0.29) is 31.6 Å². The molecule has 0 aromatic heterocycles. The van der Waals surface area contributed by atoms with Gasteiger partial charge in [-0.1, -0.05) is 0 Å². The van der Waals surface area contributed by atoms with E-state index in [1.807, 2.05) is 0 Å². The largest absolute Gasteiger partial charge is 0.481 e. The maximum atomic E-state index is 14.0. The number of carbonyl (C=O) groups is 4. The van der Waals surface area contributed by atoms with Crippen molar-refractivity contribution in [3.8, 4) is 0 Å². The monoisotopic (exact) mass is 405 g/mol. The van der Waals surface area contributed by atoms with Crippen molar-refractivity contribution in [1.29, 1.82) is 0 Å². The van der Waals surface area contributed by atoms with Crippen LogP contribution in [0.15, 0.2) is 18.2 Å². The zero-order valence-electron chi connectivity index (χ0n) is 15.6. The molecule has 0 aliphatic carbocycles. The van der Waals surface area contributed by atoms with Crippen molar-refractivity contribution in [3.63, 3.8) is 0 Å². The third kappa shape index (κ3) is 2.74. The highest BCUT2D eigenvalue weighted by Crippen LogP contribution is 2.53. The van der Waals surface area contributed by atoms with E-state index in [0.29, 0.717) is 5.69 Å². The molecule has 3 heterocycles. The number of nitrogens with one attached hydrogen (secondary N) is 2. The Hall–Kier alpha value is -2.85. The fourth-order valence-corrected chi connectivity index (χ4v) is 4.76. The third-order valence-electron chi connectivity index (χ3n) is 5.96. The lowest BCUT2D eigenvalue weighted by molar-refractivity contribution is -0.144. The van der Waals surface area contributed by atoms with Crippen LogP contribution in [0.3, 0.4) is 0 Å². The Labute approximate surface area is 165 Å². The summed E-state index contributed by atoms with van der Waals surface area (Å²) in [5, 5.41) is 14.8. The highest BCUT2D eigenvalue weighted by molar-refractivity contribution is 6.15. The molecular weight excluding hydrogens is 385 g/mol. The maximum Gasteiger partial charge on any atom is 0.303 e. The molecule has 2 saturated heterocycles. The Balaban J connectivity index is 1.81. The second-order valence-corrected chi connectivity index (χ2v) is 7.46. The smallest absolute Gasteiger partial charge is 0.303 e. The molecule has 4 atom stereocenters. The van der Waals surface area contributed by atoms with Crippen LogP contribution in [0.2, 0.25) is 0 Å². The number of fused-ring (bicyclic) bond motifs is 4. The van der Waals surface area contributed by atoms with Crippen molar-refractivity contribution >= 4 is 29.4 Å². The minimum absolute atomic E-state index is 0.0283. The average Bonchev–Trinajstić information content (AvgIpc) is 3.24.